The highest BCUT2D eigenvalue weighted by Crippen LogP contribution is 2.21. The molecule has 2 aromatic heterocycles. The molecule has 0 atom stereocenters. The number of amides is 1. The lowest BCUT2D eigenvalue weighted by Crippen LogP contribution is -2.49. The maximum absolute atomic E-state index is 12.5. The molecular weight excluding hydrogens is 326 g/mol. The number of carbonyl (C=O) groups excluding carboxylic acids is 1. The van der Waals surface area contributed by atoms with Crippen LogP contribution in [0.15, 0.2) is 67.3 Å². The van der Waals surface area contributed by atoms with Crippen molar-refractivity contribution in [2.24, 2.45) is 0 Å². The minimum absolute atomic E-state index is 0.0328. The number of anilines is 1. The molecule has 6 heteroatoms. The van der Waals surface area contributed by atoms with Crippen LogP contribution in [0.2, 0.25) is 0 Å². The Morgan fingerprint density at radius 3 is 2.46 bits per heavy atom. The van der Waals surface area contributed by atoms with Crippen molar-refractivity contribution in [2.75, 3.05) is 31.1 Å². The molecule has 4 rings (SSSR count). The molecule has 3 heterocycles. The van der Waals surface area contributed by atoms with Crippen LogP contribution in [0.5, 0.6) is 0 Å². The van der Waals surface area contributed by atoms with Gasteiger partial charge in [0, 0.05) is 50.2 Å². The van der Waals surface area contributed by atoms with Gasteiger partial charge in [-0.1, -0.05) is 30.3 Å². The van der Waals surface area contributed by atoms with Gasteiger partial charge in [-0.25, -0.2) is 9.97 Å². The monoisotopic (exact) mass is 345 g/mol. The van der Waals surface area contributed by atoms with Crippen molar-refractivity contribution < 1.29 is 4.79 Å². The van der Waals surface area contributed by atoms with Gasteiger partial charge >= 0.3 is 0 Å². The quantitative estimate of drug-likeness (QED) is 0.730. The summed E-state index contributed by atoms with van der Waals surface area (Å²) in [5.74, 6) is 0.928. The number of pyridine rings is 1. The van der Waals surface area contributed by atoms with Crippen LogP contribution in [0, 0.1) is 0 Å². The molecule has 0 saturated carbocycles. The zero-order chi connectivity index (χ0) is 17.8. The zero-order valence-corrected chi connectivity index (χ0v) is 14.3. The third-order valence-corrected chi connectivity index (χ3v) is 4.52. The smallest absolute Gasteiger partial charge is 0.255 e. The summed E-state index contributed by atoms with van der Waals surface area (Å²) in [6.07, 6.45) is 4.89. The van der Waals surface area contributed by atoms with Crippen molar-refractivity contribution in [3.8, 4) is 11.3 Å². The highest BCUT2D eigenvalue weighted by Gasteiger charge is 2.23. The topological polar surface area (TPSA) is 62.2 Å². The molecule has 0 radical (unpaired) electrons. The fourth-order valence-corrected chi connectivity index (χ4v) is 3.10. The zero-order valence-electron chi connectivity index (χ0n) is 14.3. The van der Waals surface area contributed by atoms with E-state index in [0.717, 1.165) is 30.2 Å². The molecule has 26 heavy (non-hydrogen) atoms. The predicted molar refractivity (Wildman–Crippen MR) is 99.8 cm³/mol. The Balaban J connectivity index is 1.45. The molecule has 0 N–H and O–H groups in total. The third-order valence-electron chi connectivity index (χ3n) is 4.52. The van der Waals surface area contributed by atoms with Gasteiger partial charge in [0.05, 0.1) is 11.3 Å². The largest absolute Gasteiger partial charge is 0.353 e. The second-order valence-electron chi connectivity index (χ2n) is 6.15. The van der Waals surface area contributed by atoms with Gasteiger partial charge in [0.25, 0.3) is 5.91 Å². The predicted octanol–water partition coefficient (Wildman–Crippen LogP) is 2.50. The minimum Gasteiger partial charge on any atom is -0.353 e. The van der Waals surface area contributed by atoms with Crippen LogP contribution in [0.3, 0.4) is 0 Å². The van der Waals surface area contributed by atoms with E-state index in [1.807, 2.05) is 41.3 Å². The Morgan fingerprint density at radius 1 is 0.923 bits per heavy atom. The molecule has 0 unspecified atom stereocenters. The summed E-state index contributed by atoms with van der Waals surface area (Å²) in [7, 11) is 0. The van der Waals surface area contributed by atoms with Gasteiger partial charge in [0.15, 0.2) is 0 Å². The van der Waals surface area contributed by atoms with Gasteiger partial charge in [-0.2, -0.15) is 0 Å². The Kier molecular flexibility index (Phi) is 4.55. The standard InChI is InChI=1S/C20H19N5O/c26-20(17-7-4-8-21-14-17)25-11-9-24(10-12-25)19-13-18(22-15-23-19)16-5-2-1-3-6-16/h1-8,13-15H,9-12H2. The highest BCUT2D eigenvalue weighted by atomic mass is 16.2. The number of aromatic nitrogens is 3. The van der Waals surface area contributed by atoms with Crippen LogP contribution in [0.1, 0.15) is 10.4 Å². The summed E-state index contributed by atoms with van der Waals surface area (Å²) in [6.45, 7) is 2.82. The normalized spacial score (nSPS) is 14.3. The first-order chi connectivity index (χ1) is 12.8. The van der Waals surface area contributed by atoms with E-state index in [-0.39, 0.29) is 5.91 Å². The number of nitrogens with zero attached hydrogens (tertiary/aromatic N) is 5. The highest BCUT2D eigenvalue weighted by molar-refractivity contribution is 5.94. The molecule has 1 aliphatic heterocycles. The molecule has 6 nitrogen and oxygen atoms in total. The summed E-state index contributed by atoms with van der Waals surface area (Å²) in [4.78, 5) is 29.4. The minimum atomic E-state index is 0.0328. The number of piperazine rings is 1. The molecular formula is C20H19N5O. The second kappa shape index (κ2) is 7.31. The average molecular weight is 345 g/mol. The number of rotatable bonds is 3. The van der Waals surface area contributed by atoms with Gasteiger partial charge in [0.2, 0.25) is 0 Å². The fraction of sp³-hybridized carbons (Fsp3) is 0.200. The summed E-state index contributed by atoms with van der Waals surface area (Å²) < 4.78 is 0. The van der Waals surface area contributed by atoms with E-state index in [9.17, 15) is 4.79 Å². The molecule has 1 amide bonds. The third kappa shape index (κ3) is 3.39. The van der Waals surface area contributed by atoms with E-state index < -0.39 is 0 Å². The van der Waals surface area contributed by atoms with E-state index >= 15 is 0 Å². The van der Waals surface area contributed by atoms with E-state index in [1.165, 1.54) is 0 Å². The summed E-state index contributed by atoms with van der Waals surface area (Å²) >= 11 is 0. The molecule has 1 saturated heterocycles. The average Bonchev–Trinajstić information content (AvgIpc) is 2.75. The van der Waals surface area contributed by atoms with Crippen LogP contribution in [-0.2, 0) is 0 Å². The van der Waals surface area contributed by atoms with Gasteiger partial charge in [-0.3, -0.25) is 9.78 Å². The van der Waals surface area contributed by atoms with Crippen LogP contribution in [0.4, 0.5) is 5.82 Å². The van der Waals surface area contributed by atoms with E-state index in [1.54, 1.807) is 30.9 Å². The summed E-state index contributed by atoms with van der Waals surface area (Å²) in [5, 5.41) is 0. The molecule has 1 aliphatic rings. The molecule has 0 bridgehead atoms. The van der Waals surface area contributed by atoms with Gasteiger partial charge < -0.3 is 9.80 Å². The lowest BCUT2D eigenvalue weighted by molar-refractivity contribution is 0.0746. The fourth-order valence-electron chi connectivity index (χ4n) is 3.10. The van der Waals surface area contributed by atoms with Crippen LogP contribution < -0.4 is 4.90 Å². The van der Waals surface area contributed by atoms with Gasteiger partial charge in [-0.15, -0.1) is 0 Å². The molecule has 1 fully saturated rings. The van der Waals surface area contributed by atoms with Crippen LogP contribution >= 0.6 is 0 Å². The van der Waals surface area contributed by atoms with Crippen molar-refractivity contribution in [2.45, 2.75) is 0 Å². The van der Waals surface area contributed by atoms with Gasteiger partial charge in [-0.05, 0) is 12.1 Å². The molecule has 3 aromatic rings. The number of hydrogen-bond acceptors (Lipinski definition) is 5. The van der Waals surface area contributed by atoms with E-state index in [0.29, 0.717) is 18.7 Å². The van der Waals surface area contributed by atoms with Crippen molar-refractivity contribution in [1.29, 1.82) is 0 Å². The molecule has 130 valence electrons. The number of hydrogen-bond donors (Lipinski definition) is 0. The lowest BCUT2D eigenvalue weighted by Gasteiger charge is -2.35. The number of benzene rings is 1. The van der Waals surface area contributed by atoms with Crippen molar-refractivity contribution in [3.05, 3.63) is 72.8 Å². The molecule has 0 aliphatic carbocycles. The van der Waals surface area contributed by atoms with Crippen LogP contribution in [0.25, 0.3) is 11.3 Å². The molecule has 0 spiro atoms. The Morgan fingerprint density at radius 2 is 1.73 bits per heavy atom. The Labute approximate surface area is 152 Å². The summed E-state index contributed by atoms with van der Waals surface area (Å²) in [5.41, 5.74) is 2.61. The first-order valence-electron chi connectivity index (χ1n) is 8.63. The first-order valence-corrected chi connectivity index (χ1v) is 8.63. The van der Waals surface area contributed by atoms with Crippen molar-refractivity contribution in [3.63, 3.8) is 0 Å². The van der Waals surface area contributed by atoms with E-state index in [2.05, 4.69) is 19.9 Å². The maximum atomic E-state index is 12.5. The number of carbonyl (C=O) groups is 1. The second-order valence-corrected chi connectivity index (χ2v) is 6.15. The first kappa shape index (κ1) is 16.2. The lowest BCUT2D eigenvalue weighted by atomic mass is 10.1. The maximum Gasteiger partial charge on any atom is 0.255 e. The molecule has 1 aromatic carbocycles. The Bertz CT molecular complexity index is 877. The summed E-state index contributed by atoms with van der Waals surface area (Å²) in [6, 6.07) is 15.7. The van der Waals surface area contributed by atoms with E-state index in [4.69, 9.17) is 0 Å². The van der Waals surface area contributed by atoms with Crippen molar-refractivity contribution >= 4 is 11.7 Å². The Hall–Kier alpha value is -3.28. The van der Waals surface area contributed by atoms with Crippen LogP contribution in [-0.4, -0.2) is 51.9 Å². The van der Waals surface area contributed by atoms with Crippen molar-refractivity contribution in [1.82, 2.24) is 19.9 Å². The SMILES string of the molecule is O=C(c1cccnc1)N1CCN(c2cc(-c3ccccc3)ncn2)CC1. The van der Waals surface area contributed by atoms with Gasteiger partial charge in [0.1, 0.15) is 12.1 Å².